The summed E-state index contributed by atoms with van der Waals surface area (Å²) in [4.78, 5) is 0. The highest BCUT2D eigenvalue weighted by Crippen LogP contribution is 2.50. The van der Waals surface area contributed by atoms with Gasteiger partial charge in [0.25, 0.3) is 0 Å². The highest BCUT2D eigenvalue weighted by molar-refractivity contribution is 5.26. The fourth-order valence-electron chi connectivity index (χ4n) is 2.55. The zero-order valence-corrected chi connectivity index (χ0v) is 9.82. The van der Waals surface area contributed by atoms with E-state index in [1.807, 2.05) is 7.05 Å². The van der Waals surface area contributed by atoms with Crippen molar-refractivity contribution in [2.24, 2.45) is 5.92 Å². The van der Waals surface area contributed by atoms with Crippen molar-refractivity contribution in [1.82, 2.24) is 5.32 Å². The number of terminal acetylenes is 1. The summed E-state index contributed by atoms with van der Waals surface area (Å²) in [7, 11) is 2.04. The number of hydrogen-bond donors (Lipinski definition) is 1. The highest BCUT2D eigenvalue weighted by Gasteiger charge is 2.42. The molecule has 1 N–H and O–H groups in total. The number of benzene rings is 1. The van der Waals surface area contributed by atoms with Crippen molar-refractivity contribution >= 4 is 0 Å². The van der Waals surface area contributed by atoms with Crippen LogP contribution >= 0.6 is 0 Å². The Morgan fingerprint density at radius 1 is 1.44 bits per heavy atom. The second-order valence-electron chi connectivity index (χ2n) is 4.55. The maximum Gasteiger partial charge on any atom is 0.0107 e. The third kappa shape index (κ3) is 2.46. The molecule has 3 unspecified atom stereocenters. The molecule has 1 aromatic rings. The predicted octanol–water partition coefficient (Wildman–Crippen LogP) is 2.79. The van der Waals surface area contributed by atoms with Crippen LogP contribution < -0.4 is 5.32 Å². The van der Waals surface area contributed by atoms with Crippen LogP contribution in [0.3, 0.4) is 0 Å². The molecule has 84 valence electrons. The molecule has 2 rings (SSSR count). The Hall–Kier alpha value is -1.26. The molecule has 1 heteroatoms. The summed E-state index contributed by atoms with van der Waals surface area (Å²) in [5.41, 5.74) is 1.48. The largest absolute Gasteiger partial charge is 0.317 e. The first-order chi connectivity index (χ1) is 7.86. The average Bonchev–Trinajstić information content (AvgIpc) is 3.12. The van der Waals surface area contributed by atoms with Gasteiger partial charge in [0.1, 0.15) is 0 Å². The molecule has 0 aromatic heterocycles. The van der Waals surface area contributed by atoms with E-state index in [-0.39, 0.29) is 0 Å². The first-order valence-electron chi connectivity index (χ1n) is 6.02. The Morgan fingerprint density at radius 3 is 2.81 bits per heavy atom. The minimum atomic E-state index is 0.584. The number of rotatable bonds is 5. The fraction of sp³-hybridized carbons (Fsp3) is 0.467. The standard InChI is InChI=1S/C15H19N/c1-3-4-10-15(16-2)14-11-13(14)12-8-6-5-7-9-12/h1,5-9,13-16H,4,10-11H2,2H3. The zero-order chi connectivity index (χ0) is 11.4. The molecule has 0 saturated heterocycles. The van der Waals surface area contributed by atoms with Crippen molar-refractivity contribution in [3.8, 4) is 12.3 Å². The van der Waals surface area contributed by atoms with Gasteiger partial charge >= 0.3 is 0 Å². The molecule has 1 fully saturated rings. The van der Waals surface area contributed by atoms with Crippen molar-refractivity contribution in [1.29, 1.82) is 0 Å². The van der Waals surface area contributed by atoms with Gasteiger partial charge in [-0.2, -0.15) is 0 Å². The lowest BCUT2D eigenvalue weighted by molar-refractivity contribution is 0.468. The molecule has 0 amide bonds. The minimum Gasteiger partial charge on any atom is -0.317 e. The fourth-order valence-corrected chi connectivity index (χ4v) is 2.55. The van der Waals surface area contributed by atoms with Gasteiger partial charge in [0, 0.05) is 12.5 Å². The van der Waals surface area contributed by atoms with Crippen molar-refractivity contribution < 1.29 is 0 Å². The third-order valence-corrected chi connectivity index (χ3v) is 3.55. The van der Waals surface area contributed by atoms with Gasteiger partial charge < -0.3 is 5.32 Å². The molecule has 16 heavy (non-hydrogen) atoms. The van der Waals surface area contributed by atoms with Gasteiger partial charge in [-0.1, -0.05) is 30.3 Å². The van der Waals surface area contributed by atoms with E-state index in [2.05, 4.69) is 41.6 Å². The zero-order valence-electron chi connectivity index (χ0n) is 9.82. The van der Waals surface area contributed by atoms with Gasteiger partial charge in [0.05, 0.1) is 0 Å². The van der Waals surface area contributed by atoms with E-state index in [9.17, 15) is 0 Å². The monoisotopic (exact) mass is 213 g/mol. The third-order valence-electron chi connectivity index (χ3n) is 3.55. The van der Waals surface area contributed by atoms with Crippen LogP contribution in [0, 0.1) is 18.3 Å². The van der Waals surface area contributed by atoms with Crippen LogP contribution in [-0.4, -0.2) is 13.1 Å². The summed E-state index contributed by atoms with van der Waals surface area (Å²) >= 11 is 0. The van der Waals surface area contributed by atoms with Crippen LogP contribution in [0.4, 0.5) is 0 Å². The normalized spacial score (nSPS) is 24.8. The quantitative estimate of drug-likeness (QED) is 0.742. The SMILES string of the molecule is C#CCCC(NC)C1CC1c1ccccc1. The van der Waals surface area contributed by atoms with E-state index >= 15 is 0 Å². The summed E-state index contributed by atoms with van der Waals surface area (Å²) in [6, 6.07) is 11.4. The maximum atomic E-state index is 5.32. The molecule has 1 nitrogen and oxygen atoms in total. The van der Waals surface area contributed by atoms with Crippen LogP contribution in [0.25, 0.3) is 0 Å². The lowest BCUT2D eigenvalue weighted by Gasteiger charge is -2.14. The predicted molar refractivity (Wildman–Crippen MR) is 68.2 cm³/mol. The van der Waals surface area contributed by atoms with Gasteiger partial charge in [0.2, 0.25) is 0 Å². The number of nitrogens with one attached hydrogen (secondary N) is 1. The van der Waals surface area contributed by atoms with Crippen LogP contribution in [0.15, 0.2) is 30.3 Å². The molecular formula is C15H19N. The Bertz CT molecular complexity index is 363. The van der Waals surface area contributed by atoms with Gasteiger partial charge in [0.15, 0.2) is 0 Å². The summed E-state index contributed by atoms with van der Waals surface area (Å²) in [5.74, 6) is 4.25. The molecule has 0 bridgehead atoms. The van der Waals surface area contributed by atoms with Crippen molar-refractivity contribution in [2.75, 3.05) is 7.05 Å². The van der Waals surface area contributed by atoms with Crippen LogP contribution in [0.5, 0.6) is 0 Å². The van der Waals surface area contributed by atoms with Crippen molar-refractivity contribution in [3.05, 3.63) is 35.9 Å². The first kappa shape index (κ1) is 11.2. The molecule has 1 aliphatic rings. The van der Waals surface area contributed by atoms with Crippen LogP contribution in [0.1, 0.15) is 30.7 Å². The smallest absolute Gasteiger partial charge is 0.0107 e. The van der Waals surface area contributed by atoms with E-state index in [0.29, 0.717) is 6.04 Å². The van der Waals surface area contributed by atoms with E-state index < -0.39 is 0 Å². The molecule has 3 atom stereocenters. The van der Waals surface area contributed by atoms with Crippen LogP contribution in [0.2, 0.25) is 0 Å². The van der Waals surface area contributed by atoms with Crippen molar-refractivity contribution in [3.63, 3.8) is 0 Å². The Morgan fingerprint density at radius 2 is 2.19 bits per heavy atom. The molecule has 0 heterocycles. The Kier molecular flexibility index (Phi) is 3.64. The van der Waals surface area contributed by atoms with Gasteiger partial charge in [-0.3, -0.25) is 0 Å². The topological polar surface area (TPSA) is 12.0 Å². The van der Waals surface area contributed by atoms with Gasteiger partial charge in [-0.15, -0.1) is 12.3 Å². The molecule has 0 spiro atoms. The van der Waals surface area contributed by atoms with Gasteiger partial charge in [-0.05, 0) is 37.3 Å². The molecular weight excluding hydrogens is 194 g/mol. The summed E-state index contributed by atoms with van der Waals surface area (Å²) in [5, 5.41) is 3.40. The van der Waals surface area contributed by atoms with E-state index in [0.717, 1.165) is 24.7 Å². The lowest BCUT2D eigenvalue weighted by Crippen LogP contribution is -2.27. The van der Waals surface area contributed by atoms with Crippen LogP contribution in [-0.2, 0) is 0 Å². The summed E-state index contributed by atoms with van der Waals surface area (Å²) < 4.78 is 0. The molecule has 1 saturated carbocycles. The molecule has 1 aliphatic carbocycles. The average molecular weight is 213 g/mol. The molecule has 0 radical (unpaired) electrons. The second-order valence-corrected chi connectivity index (χ2v) is 4.55. The Balaban J connectivity index is 1.92. The van der Waals surface area contributed by atoms with Gasteiger partial charge in [-0.25, -0.2) is 0 Å². The summed E-state index contributed by atoms with van der Waals surface area (Å²) in [6.45, 7) is 0. The Labute approximate surface area is 98.3 Å². The molecule has 1 aromatic carbocycles. The molecule has 0 aliphatic heterocycles. The van der Waals surface area contributed by atoms with E-state index in [1.165, 1.54) is 12.0 Å². The van der Waals surface area contributed by atoms with Crippen molar-refractivity contribution in [2.45, 2.75) is 31.2 Å². The minimum absolute atomic E-state index is 0.584. The number of hydrogen-bond acceptors (Lipinski definition) is 1. The maximum absolute atomic E-state index is 5.32. The summed E-state index contributed by atoms with van der Waals surface area (Å²) in [6.07, 6.45) is 8.60. The highest BCUT2D eigenvalue weighted by atomic mass is 14.9. The van der Waals surface area contributed by atoms with E-state index in [4.69, 9.17) is 6.42 Å². The second kappa shape index (κ2) is 5.18. The first-order valence-corrected chi connectivity index (χ1v) is 6.02. The van der Waals surface area contributed by atoms with E-state index in [1.54, 1.807) is 0 Å². The lowest BCUT2D eigenvalue weighted by atomic mass is 10.0.